The van der Waals surface area contributed by atoms with Crippen LogP contribution in [0.2, 0.25) is 0 Å². The summed E-state index contributed by atoms with van der Waals surface area (Å²) in [5, 5.41) is 41.3. The number of aliphatic hydroxyl groups is 3. The number of ketones is 1. The van der Waals surface area contributed by atoms with Gasteiger partial charge in [-0.3, -0.25) is 4.79 Å². The lowest BCUT2D eigenvalue weighted by Gasteiger charge is -2.67. The van der Waals surface area contributed by atoms with Crippen LogP contribution in [0.15, 0.2) is 11.6 Å². The van der Waals surface area contributed by atoms with Gasteiger partial charge in [0.05, 0.1) is 23.5 Å². The van der Waals surface area contributed by atoms with Crippen LogP contribution in [0.3, 0.4) is 0 Å². The van der Waals surface area contributed by atoms with Crippen molar-refractivity contribution in [2.24, 2.45) is 68.8 Å². The van der Waals surface area contributed by atoms with Gasteiger partial charge in [0.1, 0.15) is 17.8 Å². The maximum atomic E-state index is 14.8. The van der Waals surface area contributed by atoms with Crippen LogP contribution in [-0.4, -0.2) is 75.5 Å². The molecule has 0 amide bonds. The first-order valence-electron chi connectivity index (χ1n) is 25.1. The standard InChI is InChI=1S/C51H84N2O6/c1-32-19-25-58-50(29-32,44-43(59-44)48(6,56)45(2,3)22-16-34-18-24-53-41(52)26-34)40-17-23-51(57)38-28-39(55)37-27-36(54)31-49(20-10-11-21-49)47(37,5)42(38)35(30-46(40,51)4)15-14-33-12-8-7-9-13-33/h28,32-37,40-44,53-54,56-57H,7-27,29-31,52H2,1-6H3/t32-,34?,35+,36+,37+,40+,41?,42+,43-,44+,46+,47-,48-,50+,51-/m0/s1. The SMILES string of the molecule is C[C@H]1CCO[C@@]([C@@H]2O[C@@H]2[C@](C)(O)C(C)(C)CCC2CCNC(N)C2)([C@@H]2CC[C@]3(O)C4=CC(=O)[C@H]5C[C@@H](O)CC6(CCCC6)[C@]5(C)[C@@H]4[C@H](CCC4CCCCC4)C[C@]23C)C1. The van der Waals surface area contributed by atoms with E-state index in [-0.39, 0.29) is 58.2 Å². The van der Waals surface area contributed by atoms with Crippen molar-refractivity contribution in [2.75, 3.05) is 13.2 Å². The lowest BCUT2D eigenvalue weighted by molar-refractivity contribution is -0.212. The van der Waals surface area contributed by atoms with Crippen LogP contribution in [-0.2, 0) is 14.3 Å². The van der Waals surface area contributed by atoms with E-state index >= 15 is 0 Å². The van der Waals surface area contributed by atoms with E-state index in [4.69, 9.17) is 15.2 Å². The van der Waals surface area contributed by atoms with Crippen molar-refractivity contribution in [3.05, 3.63) is 11.6 Å². The zero-order chi connectivity index (χ0) is 41.8. The van der Waals surface area contributed by atoms with E-state index in [1.807, 2.05) is 13.0 Å². The number of rotatable bonds is 10. The van der Waals surface area contributed by atoms with Gasteiger partial charge in [0.25, 0.3) is 0 Å². The topological polar surface area (TPSA) is 138 Å². The van der Waals surface area contributed by atoms with E-state index in [0.29, 0.717) is 37.2 Å². The molecule has 3 aliphatic heterocycles. The van der Waals surface area contributed by atoms with Crippen molar-refractivity contribution < 1.29 is 29.6 Å². The van der Waals surface area contributed by atoms with Gasteiger partial charge in [0, 0.05) is 17.9 Å². The third-order valence-electron chi connectivity index (χ3n) is 20.9. The van der Waals surface area contributed by atoms with Crippen molar-refractivity contribution >= 4 is 5.78 Å². The van der Waals surface area contributed by atoms with E-state index in [1.165, 1.54) is 51.4 Å². The number of fused-ring (bicyclic) bond motifs is 6. The lowest BCUT2D eigenvalue weighted by Crippen LogP contribution is -2.67. The summed E-state index contributed by atoms with van der Waals surface area (Å²) in [7, 11) is 0. The smallest absolute Gasteiger partial charge is 0.159 e. The molecule has 3 heterocycles. The molecule has 8 fully saturated rings. The predicted molar refractivity (Wildman–Crippen MR) is 232 cm³/mol. The van der Waals surface area contributed by atoms with Crippen LogP contribution in [0.25, 0.3) is 0 Å². The number of nitrogens with two attached hydrogens (primary N) is 1. The molecule has 9 rings (SSSR count). The Morgan fingerprint density at radius 1 is 0.898 bits per heavy atom. The summed E-state index contributed by atoms with van der Waals surface area (Å²) in [6.45, 7) is 15.3. The molecule has 8 nitrogen and oxygen atoms in total. The average molecular weight is 821 g/mol. The fourth-order valence-electron chi connectivity index (χ4n) is 17.1. The Balaban J connectivity index is 1.07. The van der Waals surface area contributed by atoms with Crippen LogP contribution in [0, 0.1) is 63.1 Å². The first-order chi connectivity index (χ1) is 27.9. The molecule has 8 heteroatoms. The first-order valence-corrected chi connectivity index (χ1v) is 25.1. The molecule has 0 aromatic carbocycles. The Morgan fingerprint density at radius 3 is 2.36 bits per heavy atom. The van der Waals surface area contributed by atoms with E-state index in [2.05, 4.69) is 39.9 Å². The van der Waals surface area contributed by atoms with Gasteiger partial charge >= 0.3 is 0 Å². The second kappa shape index (κ2) is 15.4. The van der Waals surface area contributed by atoms with Gasteiger partial charge in [-0.25, -0.2) is 0 Å². The predicted octanol–water partition coefficient (Wildman–Crippen LogP) is 8.77. The summed E-state index contributed by atoms with van der Waals surface area (Å²) in [5.41, 5.74) is 3.27. The minimum atomic E-state index is -1.12. The Hall–Kier alpha value is -0.870. The van der Waals surface area contributed by atoms with Gasteiger partial charge in [-0.2, -0.15) is 0 Å². The Labute approximate surface area is 357 Å². The normalized spacial score (nSPS) is 48.5. The molecule has 0 aromatic heterocycles. The fourth-order valence-corrected chi connectivity index (χ4v) is 17.1. The van der Waals surface area contributed by atoms with Gasteiger partial charge < -0.3 is 35.8 Å². The van der Waals surface area contributed by atoms with E-state index < -0.39 is 28.3 Å². The second-order valence-electron chi connectivity index (χ2n) is 24.2. The number of ether oxygens (including phenoxy) is 2. The molecule has 6 aliphatic carbocycles. The first kappa shape index (κ1) is 43.4. The summed E-state index contributed by atoms with van der Waals surface area (Å²) in [5.74, 6) is 2.25. The number of nitrogens with one attached hydrogen (secondary N) is 1. The number of carbonyl (C=O) groups excluding carboxylic acids is 1. The average Bonchev–Trinajstić information content (AvgIpc) is 3.81. The highest BCUT2D eigenvalue weighted by Gasteiger charge is 2.77. The molecule has 59 heavy (non-hydrogen) atoms. The number of allylic oxidation sites excluding steroid dienone is 1. The van der Waals surface area contributed by atoms with Crippen LogP contribution in [0.4, 0.5) is 0 Å². The highest BCUT2D eigenvalue weighted by atomic mass is 16.6. The Morgan fingerprint density at radius 2 is 1.64 bits per heavy atom. The number of carbonyl (C=O) groups is 1. The number of piperidine rings is 1. The van der Waals surface area contributed by atoms with Crippen LogP contribution in [0.5, 0.6) is 0 Å². The second-order valence-corrected chi connectivity index (χ2v) is 24.2. The van der Waals surface area contributed by atoms with E-state index in [0.717, 1.165) is 95.1 Å². The van der Waals surface area contributed by atoms with Crippen LogP contribution < -0.4 is 11.1 Å². The molecule has 0 bridgehead atoms. The fraction of sp³-hybridized carbons (Fsp3) is 0.941. The minimum Gasteiger partial charge on any atom is -0.393 e. The molecule has 15 atom stereocenters. The highest BCUT2D eigenvalue weighted by Crippen LogP contribution is 2.76. The summed E-state index contributed by atoms with van der Waals surface area (Å²) in [6, 6.07) is 0. The molecule has 0 aromatic rings. The largest absolute Gasteiger partial charge is 0.393 e. The third kappa shape index (κ3) is 6.77. The zero-order valence-electron chi connectivity index (χ0n) is 38.0. The Kier molecular flexibility index (Phi) is 11.3. The van der Waals surface area contributed by atoms with Crippen molar-refractivity contribution in [3.8, 4) is 0 Å². The molecule has 1 spiro atoms. The summed E-state index contributed by atoms with van der Waals surface area (Å²) in [4.78, 5) is 14.8. The molecule has 5 saturated carbocycles. The molecule has 334 valence electrons. The quantitative estimate of drug-likeness (QED) is 0.138. The molecule has 9 aliphatic rings. The van der Waals surface area contributed by atoms with Crippen molar-refractivity contribution in [2.45, 2.75) is 224 Å². The number of hydrogen-bond acceptors (Lipinski definition) is 8. The van der Waals surface area contributed by atoms with Crippen LogP contribution in [0.1, 0.15) is 183 Å². The molecule has 6 N–H and O–H groups in total. The lowest BCUT2D eigenvalue weighted by atomic mass is 9.37. The van der Waals surface area contributed by atoms with E-state index in [9.17, 15) is 20.1 Å². The van der Waals surface area contributed by atoms with Gasteiger partial charge in [-0.1, -0.05) is 86.0 Å². The molecular formula is C51H84N2O6. The Bertz CT molecular complexity index is 1600. The minimum absolute atomic E-state index is 0.0289. The zero-order valence-corrected chi connectivity index (χ0v) is 38.0. The summed E-state index contributed by atoms with van der Waals surface area (Å²) in [6.07, 6.45) is 24.2. The van der Waals surface area contributed by atoms with E-state index in [1.54, 1.807) is 0 Å². The molecule has 0 radical (unpaired) electrons. The highest BCUT2D eigenvalue weighted by molar-refractivity contribution is 5.95. The summed E-state index contributed by atoms with van der Waals surface area (Å²) < 4.78 is 14.2. The number of hydrogen-bond donors (Lipinski definition) is 5. The van der Waals surface area contributed by atoms with Gasteiger partial charge in [0.2, 0.25) is 0 Å². The van der Waals surface area contributed by atoms with Gasteiger partial charge in [-0.15, -0.1) is 0 Å². The monoisotopic (exact) mass is 821 g/mol. The van der Waals surface area contributed by atoms with Crippen molar-refractivity contribution in [3.63, 3.8) is 0 Å². The molecule has 2 unspecified atom stereocenters. The van der Waals surface area contributed by atoms with Crippen molar-refractivity contribution in [1.29, 1.82) is 0 Å². The maximum Gasteiger partial charge on any atom is 0.159 e. The number of aliphatic hydroxyl groups excluding tert-OH is 1. The molecule has 3 saturated heterocycles. The maximum absolute atomic E-state index is 14.8. The summed E-state index contributed by atoms with van der Waals surface area (Å²) >= 11 is 0. The number of epoxide rings is 1. The van der Waals surface area contributed by atoms with Crippen molar-refractivity contribution in [1.82, 2.24) is 5.32 Å². The third-order valence-corrected chi connectivity index (χ3v) is 20.9. The molecular weight excluding hydrogens is 737 g/mol. The van der Waals surface area contributed by atoms with Crippen LogP contribution >= 0.6 is 0 Å². The van der Waals surface area contributed by atoms with Gasteiger partial charge in [-0.05, 0) is 167 Å². The van der Waals surface area contributed by atoms with Gasteiger partial charge in [0.15, 0.2) is 5.78 Å².